The maximum Gasteiger partial charge on any atom is 0.232 e. The minimum atomic E-state index is -0.460. The van der Waals surface area contributed by atoms with Crippen LogP contribution in [-0.4, -0.2) is 5.91 Å². The lowest BCUT2D eigenvalue weighted by Crippen LogP contribution is -2.39. The Bertz CT molecular complexity index is 863. The second-order valence-electron chi connectivity index (χ2n) is 7.51. The van der Waals surface area contributed by atoms with Gasteiger partial charge < -0.3 is 4.90 Å². The number of hydrogen-bond acceptors (Lipinski definition) is 1. The van der Waals surface area contributed by atoms with E-state index in [1.54, 1.807) is 0 Å². The summed E-state index contributed by atoms with van der Waals surface area (Å²) in [6, 6.07) is 28.5. The molecule has 26 heavy (non-hydrogen) atoms. The van der Waals surface area contributed by atoms with Gasteiger partial charge in [-0.05, 0) is 17.2 Å². The molecular formula is C24H25NO. The molecule has 1 amide bonds. The highest BCUT2D eigenvalue weighted by Gasteiger charge is 2.29. The van der Waals surface area contributed by atoms with Crippen molar-refractivity contribution in [3.63, 3.8) is 0 Å². The van der Waals surface area contributed by atoms with Crippen LogP contribution in [0.2, 0.25) is 0 Å². The van der Waals surface area contributed by atoms with Crippen LogP contribution < -0.4 is 4.90 Å². The van der Waals surface area contributed by atoms with Crippen LogP contribution in [0.3, 0.4) is 0 Å². The summed E-state index contributed by atoms with van der Waals surface area (Å²) in [7, 11) is 0. The third kappa shape index (κ3) is 4.02. The van der Waals surface area contributed by atoms with E-state index in [9.17, 15) is 4.79 Å². The number of hydrogen-bond donors (Lipinski definition) is 0. The average molecular weight is 343 g/mol. The summed E-state index contributed by atoms with van der Waals surface area (Å²) in [5.41, 5.74) is 3.79. The van der Waals surface area contributed by atoms with Gasteiger partial charge in [0.2, 0.25) is 5.91 Å². The highest BCUT2D eigenvalue weighted by Crippen LogP contribution is 2.34. The Morgan fingerprint density at radius 1 is 0.769 bits per heavy atom. The van der Waals surface area contributed by atoms with Crippen LogP contribution >= 0.6 is 0 Å². The van der Waals surface area contributed by atoms with Crippen LogP contribution in [0.15, 0.2) is 84.9 Å². The zero-order chi connectivity index (χ0) is 18.6. The summed E-state index contributed by atoms with van der Waals surface area (Å²) < 4.78 is 0. The molecule has 0 heterocycles. The van der Waals surface area contributed by atoms with Gasteiger partial charge in [0.15, 0.2) is 0 Å². The summed E-state index contributed by atoms with van der Waals surface area (Å²) in [5, 5.41) is 0. The van der Waals surface area contributed by atoms with Crippen LogP contribution in [0.5, 0.6) is 0 Å². The van der Waals surface area contributed by atoms with E-state index >= 15 is 0 Å². The van der Waals surface area contributed by atoms with Crippen LogP contribution in [0.4, 0.5) is 5.69 Å². The van der Waals surface area contributed by atoms with Gasteiger partial charge in [-0.1, -0.05) is 99.6 Å². The molecule has 0 fully saturated rings. The smallest absolute Gasteiger partial charge is 0.232 e. The molecule has 0 N–H and O–H groups in total. The van der Waals surface area contributed by atoms with Crippen molar-refractivity contribution in [2.75, 3.05) is 4.90 Å². The first-order chi connectivity index (χ1) is 12.5. The fraction of sp³-hybridized carbons (Fsp3) is 0.208. The van der Waals surface area contributed by atoms with E-state index in [2.05, 4.69) is 30.3 Å². The second kappa shape index (κ2) is 7.57. The fourth-order valence-corrected chi connectivity index (χ4v) is 3.01. The summed E-state index contributed by atoms with van der Waals surface area (Å²) >= 11 is 0. The molecule has 132 valence electrons. The Kier molecular flexibility index (Phi) is 5.22. The predicted molar refractivity (Wildman–Crippen MR) is 109 cm³/mol. The van der Waals surface area contributed by atoms with Crippen LogP contribution in [-0.2, 0) is 11.3 Å². The number of anilines is 1. The first-order valence-corrected chi connectivity index (χ1v) is 8.97. The van der Waals surface area contributed by atoms with Crippen molar-refractivity contribution in [1.82, 2.24) is 0 Å². The molecule has 3 aromatic carbocycles. The van der Waals surface area contributed by atoms with E-state index in [1.165, 1.54) is 0 Å². The van der Waals surface area contributed by atoms with Gasteiger partial charge in [0.05, 0.1) is 12.2 Å². The van der Waals surface area contributed by atoms with Gasteiger partial charge >= 0.3 is 0 Å². The van der Waals surface area contributed by atoms with Crippen LogP contribution in [0.1, 0.15) is 26.3 Å². The topological polar surface area (TPSA) is 20.3 Å². The van der Waals surface area contributed by atoms with Crippen LogP contribution in [0, 0.1) is 5.41 Å². The monoisotopic (exact) mass is 343 g/mol. The molecule has 2 nitrogen and oxygen atoms in total. The largest absolute Gasteiger partial charge is 0.307 e. The van der Waals surface area contributed by atoms with E-state index in [1.807, 2.05) is 80.3 Å². The summed E-state index contributed by atoms with van der Waals surface area (Å²) in [4.78, 5) is 15.2. The summed E-state index contributed by atoms with van der Waals surface area (Å²) in [5.74, 6) is 0.115. The number of amides is 1. The maximum atomic E-state index is 13.3. The van der Waals surface area contributed by atoms with Crippen molar-refractivity contribution >= 4 is 11.6 Å². The molecule has 0 saturated carbocycles. The van der Waals surface area contributed by atoms with E-state index in [4.69, 9.17) is 0 Å². The average Bonchev–Trinajstić information content (AvgIpc) is 2.66. The molecule has 0 aliphatic carbocycles. The molecule has 3 aromatic rings. The molecule has 0 aliphatic heterocycles. The lowest BCUT2D eigenvalue weighted by molar-refractivity contribution is -0.125. The van der Waals surface area contributed by atoms with Gasteiger partial charge in [0.1, 0.15) is 0 Å². The van der Waals surface area contributed by atoms with Gasteiger partial charge in [-0.2, -0.15) is 0 Å². The van der Waals surface area contributed by atoms with Gasteiger partial charge in [0, 0.05) is 11.0 Å². The van der Waals surface area contributed by atoms with Crippen LogP contribution in [0.25, 0.3) is 11.1 Å². The summed E-state index contributed by atoms with van der Waals surface area (Å²) in [6.07, 6.45) is 0. The number of para-hydroxylation sites is 1. The molecule has 0 aliphatic rings. The van der Waals surface area contributed by atoms with E-state index < -0.39 is 5.41 Å². The van der Waals surface area contributed by atoms with Crippen molar-refractivity contribution in [1.29, 1.82) is 0 Å². The Hall–Kier alpha value is -2.87. The Morgan fingerprint density at radius 2 is 1.31 bits per heavy atom. The molecule has 0 bridgehead atoms. The number of benzene rings is 3. The third-order valence-corrected chi connectivity index (χ3v) is 4.35. The summed E-state index contributed by atoms with van der Waals surface area (Å²) in [6.45, 7) is 6.47. The number of carbonyl (C=O) groups is 1. The van der Waals surface area contributed by atoms with E-state index in [0.717, 1.165) is 22.4 Å². The number of rotatable bonds is 4. The quantitative estimate of drug-likeness (QED) is 0.574. The predicted octanol–water partition coefficient (Wildman–Crippen LogP) is 5.93. The number of carbonyl (C=O) groups excluding carboxylic acids is 1. The molecule has 0 unspecified atom stereocenters. The highest BCUT2D eigenvalue weighted by molar-refractivity contribution is 6.00. The van der Waals surface area contributed by atoms with Crippen molar-refractivity contribution in [3.8, 4) is 11.1 Å². The lowest BCUT2D eigenvalue weighted by atomic mass is 9.93. The Balaban J connectivity index is 2.09. The Labute approximate surface area is 156 Å². The van der Waals surface area contributed by atoms with Gasteiger partial charge in [-0.3, -0.25) is 4.79 Å². The van der Waals surface area contributed by atoms with Crippen molar-refractivity contribution in [3.05, 3.63) is 90.5 Å². The first-order valence-electron chi connectivity index (χ1n) is 8.97. The van der Waals surface area contributed by atoms with Gasteiger partial charge in [0.25, 0.3) is 0 Å². The third-order valence-electron chi connectivity index (χ3n) is 4.35. The minimum absolute atomic E-state index is 0.115. The normalized spacial score (nSPS) is 11.2. The molecule has 0 radical (unpaired) electrons. The number of nitrogens with zero attached hydrogens (tertiary/aromatic N) is 1. The maximum absolute atomic E-state index is 13.3. The van der Waals surface area contributed by atoms with Gasteiger partial charge in [-0.25, -0.2) is 0 Å². The van der Waals surface area contributed by atoms with Crippen molar-refractivity contribution in [2.24, 2.45) is 5.41 Å². The molecule has 2 heteroatoms. The van der Waals surface area contributed by atoms with E-state index in [0.29, 0.717) is 6.54 Å². The Morgan fingerprint density at radius 3 is 1.92 bits per heavy atom. The first kappa shape index (κ1) is 17.9. The standard InChI is InChI=1S/C24H25NO/c1-24(2,3)23(26)25(18-19-12-6-4-7-13-19)22-17-11-10-16-21(22)20-14-8-5-9-15-20/h4-17H,18H2,1-3H3. The SMILES string of the molecule is CC(C)(C)C(=O)N(Cc1ccccc1)c1ccccc1-c1ccccc1. The van der Waals surface area contributed by atoms with Crippen molar-refractivity contribution < 1.29 is 4.79 Å². The lowest BCUT2D eigenvalue weighted by Gasteiger charge is -2.31. The molecule has 0 spiro atoms. The second-order valence-corrected chi connectivity index (χ2v) is 7.51. The zero-order valence-electron chi connectivity index (χ0n) is 15.6. The molecule has 0 aromatic heterocycles. The molecule has 0 saturated heterocycles. The highest BCUT2D eigenvalue weighted by atomic mass is 16.2. The molecule has 3 rings (SSSR count). The molecular weight excluding hydrogens is 318 g/mol. The minimum Gasteiger partial charge on any atom is -0.307 e. The van der Waals surface area contributed by atoms with Gasteiger partial charge in [-0.15, -0.1) is 0 Å². The van der Waals surface area contributed by atoms with Crippen molar-refractivity contribution in [2.45, 2.75) is 27.3 Å². The zero-order valence-corrected chi connectivity index (χ0v) is 15.6. The van der Waals surface area contributed by atoms with E-state index in [-0.39, 0.29) is 5.91 Å². The fourth-order valence-electron chi connectivity index (χ4n) is 3.01. The molecule has 0 atom stereocenters.